The van der Waals surface area contributed by atoms with Crippen molar-refractivity contribution in [3.63, 3.8) is 0 Å². The second-order valence-electron chi connectivity index (χ2n) is 6.39. The fourth-order valence-corrected chi connectivity index (χ4v) is 3.31. The highest BCUT2D eigenvalue weighted by Crippen LogP contribution is 2.29. The predicted octanol–water partition coefficient (Wildman–Crippen LogP) is 5.06. The van der Waals surface area contributed by atoms with Gasteiger partial charge in [0, 0.05) is 11.8 Å². The molecule has 4 aromatic rings. The third-order valence-electron chi connectivity index (χ3n) is 4.56. The number of nitrogens with one attached hydrogen (secondary N) is 1. The first kappa shape index (κ1) is 18.1. The van der Waals surface area contributed by atoms with Crippen molar-refractivity contribution in [1.29, 1.82) is 0 Å². The van der Waals surface area contributed by atoms with Gasteiger partial charge >= 0.3 is 0 Å². The molecule has 140 valence electrons. The Morgan fingerprint density at radius 2 is 1.82 bits per heavy atom. The Hall–Kier alpha value is -3.25. The average Bonchev–Trinajstić information content (AvgIpc) is 3.01. The maximum absolute atomic E-state index is 13.3. The Bertz CT molecular complexity index is 1200. The summed E-state index contributed by atoms with van der Waals surface area (Å²) in [6.45, 7) is 3.66. The highest BCUT2D eigenvalue weighted by Gasteiger charge is 2.19. The zero-order valence-electron chi connectivity index (χ0n) is 15.2. The Kier molecular flexibility index (Phi) is 4.57. The van der Waals surface area contributed by atoms with Crippen LogP contribution < -0.4 is 5.32 Å². The number of fused-ring (bicyclic) bond motifs is 1. The molecule has 1 N–H and O–H groups in total. The van der Waals surface area contributed by atoms with Gasteiger partial charge in [0.2, 0.25) is 0 Å². The summed E-state index contributed by atoms with van der Waals surface area (Å²) in [5, 5.41) is 7.79. The molecule has 5 nitrogen and oxygen atoms in total. The number of hydrogen-bond donors (Lipinski definition) is 1. The van der Waals surface area contributed by atoms with E-state index in [4.69, 9.17) is 11.6 Å². The van der Waals surface area contributed by atoms with E-state index in [1.807, 2.05) is 6.92 Å². The molecule has 4 rings (SSSR count). The molecule has 7 heteroatoms. The van der Waals surface area contributed by atoms with Gasteiger partial charge in [0.05, 0.1) is 27.7 Å². The first-order valence-corrected chi connectivity index (χ1v) is 9.00. The quantitative estimate of drug-likeness (QED) is 0.528. The molecule has 1 amide bonds. The Morgan fingerprint density at radius 3 is 2.54 bits per heavy atom. The lowest BCUT2D eigenvalue weighted by Crippen LogP contribution is -2.16. The van der Waals surface area contributed by atoms with Crippen molar-refractivity contribution in [2.24, 2.45) is 0 Å². The summed E-state index contributed by atoms with van der Waals surface area (Å²) in [5.74, 6) is -0.628. The molecular formula is C21H16ClFN4O. The minimum absolute atomic E-state index is 0.305. The van der Waals surface area contributed by atoms with Gasteiger partial charge in [0.1, 0.15) is 5.82 Å². The van der Waals surface area contributed by atoms with Crippen molar-refractivity contribution in [3.05, 3.63) is 82.5 Å². The molecule has 2 heterocycles. The van der Waals surface area contributed by atoms with Crippen LogP contribution in [0.15, 0.2) is 54.7 Å². The summed E-state index contributed by atoms with van der Waals surface area (Å²) in [6.07, 6.45) is 1.52. The highest BCUT2D eigenvalue weighted by molar-refractivity contribution is 6.33. The standard InChI is InChI=1S/C21H16ClFN4O/c1-12-19(14-7-9-15(23)10-8-14)20-24-11-16(13(2)27(20)26-12)21(28)25-18-6-4-3-5-17(18)22/h3-11H,1-2H3,(H,25,28). The van der Waals surface area contributed by atoms with Crippen molar-refractivity contribution in [2.75, 3.05) is 5.32 Å². The number of halogens is 2. The summed E-state index contributed by atoms with van der Waals surface area (Å²) < 4.78 is 14.9. The number of rotatable bonds is 3. The average molecular weight is 395 g/mol. The lowest BCUT2D eigenvalue weighted by molar-refractivity contribution is 0.102. The molecule has 0 spiro atoms. The van der Waals surface area contributed by atoms with Gasteiger partial charge in [0.25, 0.3) is 5.91 Å². The number of aryl methyl sites for hydroxylation is 2. The van der Waals surface area contributed by atoms with Crippen LogP contribution in [0.4, 0.5) is 10.1 Å². The van der Waals surface area contributed by atoms with Crippen LogP contribution in [0.25, 0.3) is 16.8 Å². The van der Waals surface area contributed by atoms with Gasteiger partial charge < -0.3 is 5.32 Å². The summed E-state index contributed by atoms with van der Waals surface area (Å²) >= 11 is 6.12. The number of amides is 1. The summed E-state index contributed by atoms with van der Waals surface area (Å²) in [7, 11) is 0. The fraction of sp³-hybridized carbons (Fsp3) is 0.0952. The minimum atomic E-state index is -0.323. The Morgan fingerprint density at radius 1 is 1.11 bits per heavy atom. The summed E-state index contributed by atoms with van der Waals surface area (Å²) in [5.41, 5.74) is 4.53. The minimum Gasteiger partial charge on any atom is -0.321 e. The molecule has 0 aliphatic carbocycles. The van der Waals surface area contributed by atoms with E-state index < -0.39 is 0 Å². The smallest absolute Gasteiger partial charge is 0.259 e. The van der Waals surface area contributed by atoms with E-state index in [0.29, 0.717) is 27.6 Å². The van der Waals surface area contributed by atoms with Crippen molar-refractivity contribution in [3.8, 4) is 11.1 Å². The topological polar surface area (TPSA) is 59.3 Å². The van der Waals surface area contributed by atoms with E-state index in [1.54, 1.807) is 47.8 Å². The third kappa shape index (κ3) is 3.12. The molecular weight excluding hydrogens is 379 g/mol. The maximum atomic E-state index is 13.3. The molecule has 2 aromatic heterocycles. The lowest BCUT2D eigenvalue weighted by atomic mass is 10.1. The molecule has 0 radical (unpaired) electrons. The van der Waals surface area contributed by atoms with Crippen molar-refractivity contribution in [1.82, 2.24) is 14.6 Å². The fourth-order valence-electron chi connectivity index (χ4n) is 3.13. The Balaban J connectivity index is 1.77. The first-order valence-electron chi connectivity index (χ1n) is 8.62. The van der Waals surface area contributed by atoms with Crippen molar-refractivity contribution < 1.29 is 9.18 Å². The van der Waals surface area contributed by atoms with E-state index >= 15 is 0 Å². The molecule has 0 aliphatic rings. The van der Waals surface area contributed by atoms with Gasteiger partial charge in [-0.3, -0.25) is 4.79 Å². The van der Waals surface area contributed by atoms with Crippen LogP contribution in [-0.4, -0.2) is 20.5 Å². The van der Waals surface area contributed by atoms with Gasteiger partial charge in [-0.2, -0.15) is 5.10 Å². The van der Waals surface area contributed by atoms with E-state index in [0.717, 1.165) is 16.8 Å². The number of para-hydroxylation sites is 1. The van der Waals surface area contributed by atoms with Crippen LogP contribution in [0.2, 0.25) is 5.02 Å². The largest absolute Gasteiger partial charge is 0.321 e. The van der Waals surface area contributed by atoms with E-state index in [9.17, 15) is 9.18 Å². The first-order chi connectivity index (χ1) is 13.5. The number of aromatic nitrogens is 3. The van der Waals surface area contributed by atoms with Gasteiger partial charge in [0.15, 0.2) is 5.65 Å². The monoisotopic (exact) mass is 394 g/mol. The second-order valence-corrected chi connectivity index (χ2v) is 6.80. The zero-order valence-corrected chi connectivity index (χ0v) is 16.0. The van der Waals surface area contributed by atoms with Gasteiger partial charge in [-0.15, -0.1) is 0 Å². The summed E-state index contributed by atoms with van der Waals surface area (Å²) in [6, 6.07) is 13.2. The van der Waals surface area contributed by atoms with E-state index in [1.165, 1.54) is 18.3 Å². The van der Waals surface area contributed by atoms with Gasteiger partial charge in [-0.25, -0.2) is 13.9 Å². The molecule has 0 saturated heterocycles. The molecule has 2 aromatic carbocycles. The second kappa shape index (κ2) is 7.05. The van der Waals surface area contributed by atoms with Crippen LogP contribution in [0.1, 0.15) is 21.7 Å². The molecule has 0 fully saturated rings. The number of carbonyl (C=O) groups is 1. The van der Waals surface area contributed by atoms with Crippen LogP contribution in [-0.2, 0) is 0 Å². The molecule has 28 heavy (non-hydrogen) atoms. The number of carbonyl (C=O) groups excluding carboxylic acids is 1. The molecule has 0 bridgehead atoms. The lowest BCUT2D eigenvalue weighted by Gasteiger charge is -2.10. The van der Waals surface area contributed by atoms with Crippen molar-refractivity contribution >= 4 is 28.8 Å². The van der Waals surface area contributed by atoms with E-state index in [-0.39, 0.29) is 11.7 Å². The zero-order chi connectivity index (χ0) is 19.8. The molecule has 0 unspecified atom stereocenters. The SMILES string of the molecule is Cc1nn2c(C)c(C(=O)Nc3ccccc3Cl)cnc2c1-c1ccc(F)cc1. The van der Waals surface area contributed by atoms with Gasteiger partial charge in [-0.05, 0) is 43.7 Å². The molecule has 0 aliphatic heterocycles. The van der Waals surface area contributed by atoms with Crippen LogP contribution >= 0.6 is 11.6 Å². The number of anilines is 1. The normalized spacial score (nSPS) is 11.0. The number of benzene rings is 2. The van der Waals surface area contributed by atoms with Crippen LogP contribution in [0.3, 0.4) is 0 Å². The molecule has 0 atom stereocenters. The van der Waals surface area contributed by atoms with Crippen LogP contribution in [0, 0.1) is 19.7 Å². The van der Waals surface area contributed by atoms with E-state index in [2.05, 4.69) is 15.4 Å². The third-order valence-corrected chi connectivity index (χ3v) is 4.89. The molecule has 0 saturated carbocycles. The summed E-state index contributed by atoms with van der Waals surface area (Å²) in [4.78, 5) is 17.2. The predicted molar refractivity (Wildman–Crippen MR) is 107 cm³/mol. The Labute approximate surface area is 165 Å². The number of nitrogens with zero attached hydrogens (tertiary/aromatic N) is 3. The maximum Gasteiger partial charge on any atom is 0.259 e. The number of hydrogen-bond acceptors (Lipinski definition) is 3. The highest BCUT2D eigenvalue weighted by atomic mass is 35.5. The van der Waals surface area contributed by atoms with Crippen LogP contribution in [0.5, 0.6) is 0 Å². The van der Waals surface area contributed by atoms with Gasteiger partial charge in [-0.1, -0.05) is 35.9 Å². The van der Waals surface area contributed by atoms with Crippen molar-refractivity contribution in [2.45, 2.75) is 13.8 Å².